The molecular formula is C11H14FN3O2. The SMILES string of the molecule is Cc1ccc(F)cc1NC(=O)C(=O)NCCN. The Balaban J connectivity index is 2.67. The van der Waals surface area contributed by atoms with Crippen molar-refractivity contribution in [1.82, 2.24) is 5.32 Å². The molecule has 0 saturated heterocycles. The topological polar surface area (TPSA) is 84.2 Å². The van der Waals surface area contributed by atoms with E-state index in [1.807, 2.05) is 0 Å². The van der Waals surface area contributed by atoms with Gasteiger partial charge >= 0.3 is 11.8 Å². The second-order valence-electron chi connectivity index (χ2n) is 3.46. The minimum atomic E-state index is -0.841. The Morgan fingerprint density at radius 3 is 2.71 bits per heavy atom. The Kier molecular flexibility index (Phi) is 4.59. The van der Waals surface area contributed by atoms with Crippen LogP contribution in [0.4, 0.5) is 10.1 Å². The van der Waals surface area contributed by atoms with Crippen LogP contribution in [-0.2, 0) is 9.59 Å². The fraction of sp³-hybridized carbons (Fsp3) is 0.273. The van der Waals surface area contributed by atoms with Gasteiger partial charge < -0.3 is 16.4 Å². The highest BCUT2D eigenvalue weighted by Crippen LogP contribution is 2.15. The van der Waals surface area contributed by atoms with Gasteiger partial charge in [0.05, 0.1) is 0 Å². The lowest BCUT2D eigenvalue weighted by molar-refractivity contribution is -0.136. The Morgan fingerprint density at radius 2 is 2.06 bits per heavy atom. The van der Waals surface area contributed by atoms with Gasteiger partial charge in [0.1, 0.15) is 5.82 Å². The molecule has 0 radical (unpaired) electrons. The van der Waals surface area contributed by atoms with Gasteiger partial charge in [-0.05, 0) is 24.6 Å². The van der Waals surface area contributed by atoms with Crippen LogP contribution in [0.2, 0.25) is 0 Å². The predicted octanol–water partition coefficient (Wildman–Crippen LogP) is 0.148. The molecule has 0 aromatic heterocycles. The standard InChI is InChI=1S/C11H14FN3O2/c1-7-2-3-8(12)6-9(7)15-11(17)10(16)14-5-4-13/h2-3,6H,4-5,13H2,1H3,(H,14,16)(H,15,17). The zero-order valence-corrected chi connectivity index (χ0v) is 9.42. The third kappa shape index (κ3) is 3.84. The van der Waals surface area contributed by atoms with Crippen molar-refractivity contribution in [3.63, 3.8) is 0 Å². The molecular weight excluding hydrogens is 225 g/mol. The van der Waals surface area contributed by atoms with Gasteiger partial charge in [-0.25, -0.2) is 4.39 Å². The number of anilines is 1. The summed E-state index contributed by atoms with van der Waals surface area (Å²) >= 11 is 0. The number of aryl methyl sites for hydroxylation is 1. The zero-order valence-electron chi connectivity index (χ0n) is 9.42. The van der Waals surface area contributed by atoms with Crippen molar-refractivity contribution in [1.29, 1.82) is 0 Å². The van der Waals surface area contributed by atoms with Crippen molar-refractivity contribution in [2.24, 2.45) is 5.73 Å². The van der Waals surface area contributed by atoms with Crippen LogP contribution in [-0.4, -0.2) is 24.9 Å². The van der Waals surface area contributed by atoms with Crippen molar-refractivity contribution in [3.05, 3.63) is 29.6 Å². The lowest BCUT2D eigenvalue weighted by atomic mass is 10.2. The number of nitrogens with one attached hydrogen (secondary N) is 2. The van der Waals surface area contributed by atoms with Crippen LogP contribution < -0.4 is 16.4 Å². The van der Waals surface area contributed by atoms with Gasteiger partial charge in [-0.15, -0.1) is 0 Å². The third-order valence-corrected chi connectivity index (χ3v) is 2.08. The van der Waals surface area contributed by atoms with Crippen molar-refractivity contribution in [2.45, 2.75) is 6.92 Å². The summed E-state index contributed by atoms with van der Waals surface area (Å²) in [5.74, 6) is -2.11. The van der Waals surface area contributed by atoms with Crippen LogP contribution in [0.5, 0.6) is 0 Å². The molecule has 0 unspecified atom stereocenters. The van der Waals surface area contributed by atoms with Gasteiger partial charge in [-0.3, -0.25) is 9.59 Å². The van der Waals surface area contributed by atoms with Gasteiger partial charge in [-0.1, -0.05) is 6.07 Å². The maximum atomic E-state index is 12.9. The average molecular weight is 239 g/mol. The molecule has 4 N–H and O–H groups in total. The lowest BCUT2D eigenvalue weighted by Crippen LogP contribution is -2.38. The third-order valence-electron chi connectivity index (χ3n) is 2.08. The smallest absolute Gasteiger partial charge is 0.313 e. The first-order valence-corrected chi connectivity index (χ1v) is 5.10. The minimum Gasteiger partial charge on any atom is -0.347 e. The van der Waals surface area contributed by atoms with Crippen LogP contribution in [0.1, 0.15) is 5.56 Å². The molecule has 0 bridgehead atoms. The van der Waals surface area contributed by atoms with E-state index < -0.39 is 17.6 Å². The van der Waals surface area contributed by atoms with Gasteiger partial charge in [0.2, 0.25) is 0 Å². The average Bonchev–Trinajstić information content (AvgIpc) is 2.30. The van der Waals surface area contributed by atoms with Crippen molar-refractivity contribution < 1.29 is 14.0 Å². The molecule has 92 valence electrons. The van der Waals surface area contributed by atoms with Crippen LogP contribution in [0.3, 0.4) is 0 Å². The molecule has 0 aliphatic heterocycles. The van der Waals surface area contributed by atoms with E-state index in [4.69, 9.17) is 5.73 Å². The van der Waals surface area contributed by atoms with Crippen LogP contribution in [0, 0.1) is 12.7 Å². The molecule has 5 nitrogen and oxygen atoms in total. The maximum absolute atomic E-state index is 12.9. The van der Waals surface area contributed by atoms with Crippen molar-refractivity contribution in [3.8, 4) is 0 Å². The number of benzene rings is 1. The molecule has 0 atom stereocenters. The van der Waals surface area contributed by atoms with Crippen molar-refractivity contribution in [2.75, 3.05) is 18.4 Å². The monoisotopic (exact) mass is 239 g/mol. The molecule has 6 heteroatoms. The van der Waals surface area contributed by atoms with Crippen molar-refractivity contribution >= 4 is 17.5 Å². The molecule has 1 aromatic carbocycles. The number of nitrogens with two attached hydrogens (primary N) is 1. The molecule has 0 aliphatic carbocycles. The Morgan fingerprint density at radius 1 is 1.35 bits per heavy atom. The zero-order chi connectivity index (χ0) is 12.8. The molecule has 1 aromatic rings. The fourth-order valence-electron chi connectivity index (χ4n) is 1.17. The minimum absolute atomic E-state index is 0.217. The van der Waals surface area contributed by atoms with E-state index in [1.165, 1.54) is 12.1 Å². The number of halogens is 1. The number of hydrogen-bond donors (Lipinski definition) is 3. The first-order valence-electron chi connectivity index (χ1n) is 5.10. The first-order chi connectivity index (χ1) is 8.04. The van der Waals surface area contributed by atoms with E-state index >= 15 is 0 Å². The van der Waals surface area contributed by atoms with E-state index in [2.05, 4.69) is 10.6 Å². The van der Waals surface area contributed by atoms with E-state index in [0.29, 0.717) is 5.56 Å². The van der Waals surface area contributed by atoms with E-state index in [0.717, 1.165) is 6.07 Å². The number of amides is 2. The summed E-state index contributed by atoms with van der Waals surface area (Å²) in [4.78, 5) is 22.6. The highest BCUT2D eigenvalue weighted by atomic mass is 19.1. The maximum Gasteiger partial charge on any atom is 0.313 e. The summed E-state index contributed by atoms with van der Waals surface area (Å²) in [5, 5.41) is 4.64. The summed E-state index contributed by atoms with van der Waals surface area (Å²) in [6, 6.07) is 3.95. The van der Waals surface area contributed by atoms with E-state index in [-0.39, 0.29) is 18.8 Å². The molecule has 0 aliphatic rings. The van der Waals surface area contributed by atoms with Gasteiger partial charge in [-0.2, -0.15) is 0 Å². The molecule has 0 fully saturated rings. The number of hydrogen-bond acceptors (Lipinski definition) is 3. The number of carbonyl (C=O) groups is 2. The summed E-state index contributed by atoms with van der Waals surface area (Å²) < 4.78 is 12.9. The Hall–Kier alpha value is -1.95. The predicted molar refractivity (Wildman–Crippen MR) is 61.8 cm³/mol. The molecule has 17 heavy (non-hydrogen) atoms. The summed E-state index contributed by atoms with van der Waals surface area (Å²) in [6.45, 7) is 2.17. The fourth-order valence-corrected chi connectivity index (χ4v) is 1.17. The van der Waals surface area contributed by atoms with Gasteiger partial charge in [0, 0.05) is 18.8 Å². The highest BCUT2D eigenvalue weighted by Gasteiger charge is 2.13. The second kappa shape index (κ2) is 5.95. The van der Waals surface area contributed by atoms with Gasteiger partial charge in [0.25, 0.3) is 0 Å². The molecule has 1 rings (SSSR count). The lowest BCUT2D eigenvalue weighted by Gasteiger charge is -2.08. The molecule has 2 amide bonds. The number of rotatable bonds is 3. The largest absolute Gasteiger partial charge is 0.347 e. The van der Waals surface area contributed by atoms with Crippen LogP contribution in [0.15, 0.2) is 18.2 Å². The molecule has 0 saturated carbocycles. The number of carbonyl (C=O) groups excluding carboxylic acids is 2. The summed E-state index contributed by atoms with van der Waals surface area (Å²) in [6.07, 6.45) is 0. The molecule has 0 spiro atoms. The van der Waals surface area contributed by atoms with Gasteiger partial charge in [0.15, 0.2) is 0 Å². The molecule has 0 heterocycles. The van der Waals surface area contributed by atoms with Crippen LogP contribution in [0.25, 0.3) is 0 Å². The van der Waals surface area contributed by atoms with Crippen LogP contribution >= 0.6 is 0 Å². The van der Waals surface area contributed by atoms with E-state index in [1.54, 1.807) is 6.92 Å². The van der Waals surface area contributed by atoms with E-state index in [9.17, 15) is 14.0 Å². The second-order valence-corrected chi connectivity index (χ2v) is 3.46. The normalized spacial score (nSPS) is 9.82. The summed E-state index contributed by atoms with van der Waals surface area (Å²) in [5.41, 5.74) is 6.13. The first kappa shape index (κ1) is 13.1. The summed E-state index contributed by atoms with van der Waals surface area (Å²) in [7, 11) is 0. The Labute approximate surface area is 98.2 Å². The Bertz CT molecular complexity index is 435. The highest BCUT2D eigenvalue weighted by molar-refractivity contribution is 6.39. The quantitative estimate of drug-likeness (QED) is 0.656.